The Hall–Kier alpha value is -2.00. The molecule has 110 valence electrons. The normalized spacial score (nSPS) is 10.2. The number of carbonyl (C=O) groups excluding carboxylic acids is 1. The van der Waals surface area contributed by atoms with Crippen molar-refractivity contribution < 1.29 is 14.3 Å². The van der Waals surface area contributed by atoms with Crippen LogP contribution in [0, 0.1) is 13.8 Å². The van der Waals surface area contributed by atoms with Crippen molar-refractivity contribution in [2.75, 3.05) is 13.2 Å². The van der Waals surface area contributed by atoms with Crippen molar-refractivity contribution in [3.05, 3.63) is 58.1 Å². The average Bonchev–Trinajstić information content (AvgIpc) is 2.48. The van der Waals surface area contributed by atoms with Gasteiger partial charge in [-0.15, -0.1) is 0 Å². The number of aryl methyl sites for hydroxylation is 2. The fourth-order valence-corrected chi connectivity index (χ4v) is 2.07. The number of benzene rings is 2. The van der Waals surface area contributed by atoms with E-state index < -0.39 is 0 Å². The lowest BCUT2D eigenvalue weighted by molar-refractivity contribution is 0.112. The number of ether oxygens (including phenoxy) is 2. The highest BCUT2D eigenvalue weighted by Gasteiger charge is 2.03. The van der Waals surface area contributed by atoms with Crippen LogP contribution < -0.4 is 9.47 Å². The highest BCUT2D eigenvalue weighted by Crippen LogP contribution is 2.25. The van der Waals surface area contributed by atoms with Gasteiger partial charge in [0.2, 0.25) is 0 Å². The molecule has 21 heavy (non-hydrogen) atoms. The maximum Gasteiger partial charge on any atom is 0.150 e. The van der Waals surface area contributed by atoms with Crippen LogP contribution in [0.15, 0.2) is 36.4 Å². The largest absolute Gasteiger partial charge is 0.490 e. The lowest BCUT2D eigenvalue weighted by Crippen LogP contribution is -2.09. The summed E-state index contributed by atoms with van der Waals surface area (Å²) in [5, 5.41) is 0.422. The zero-order valence-electron chi connectivity index (χ0n) is 12.1. The zero-order chi connectivity index (χ0) is 15.2. The van der Waals surface area contributed by atoms with Crippen LogP contribution in [0.25, 0.3) is 0 Å². The van der Waals surface area contributed by atoms with Gasteiger partial charge in [0, 0.05) is 5.56 Å². The summed E-state index contributed by atoms with van der Waals surface area (Å²) in [6, 6.07) is 10.9. The molecule has 0 heterocycles. The van der Waals surface area contributed by atoms with Crippen molar-refractivity contribution in [1.29, 1.82) is 0 Å². The van der Waals surface area contributed by atoms with Crippen LogP contribution in [0.1, 0.15) is 21.5 Å². The fourth-order valence-electron chi connectivity index (χ4n) is 1.82. The van der Waals surface area contributed by atoms with Crippen molar-refractivity contribution >= 4 is 17.9 Å². The van der Waals surface area contributed by atoms with Gasteiger partial charge in [-0.25, -0.2) is 0 Å². The van der Waals surface area contributed by atoms with E-state index in [2.05, 4.69) is 6.92 Å². The van der Waals surface area contributed by atoms with Crippen LogP contribution in [-0.2, 0) is 0 Å². The molecule has 0 aliphatic heterocycles. The molecule has 4 heteroatoms. The summed E-state index contributed by atoms with van der Waals surface area (Å²) < 4.78 is 11.2. The second-order valence-corrected chi connectivity index (χ2v) is 5.16. The molecule has 2 aromatic carbocycles. The summed E-state index contributed by atoms with van der Waals surface area (Å²) in [7, 11) is 0. The Morgan fingerprint density at radius 2 is 1.76 bits per heavy atom. The predicted octanol–water partition coefficient (Wildman–Crippen LogP) is 4.23. The van der Waals surface area contributed by atoms with Gasteiger partial charge in [0.05, 0.1) is 5.02 Å². The fraction of sp³-hybridized carbons (Fsp3) is 0.235. The van der Waals surface area contributed by atoms with E-state index in [0.29, 0.717) is 29.5 Å². The molecule has 0 fully saturated rings. The van der Waals surface area contributed by atoms with Crippen LogP contribution in [-0.4, -0.2) is 19.5 Å². The van der Waals surface area contributed by atoms with E-state index in [1.165, 1.54) is 11.1 Å². The molecular weight excluding hydrogens is 288 g/mol. The Bertz CT molecular complexity index is 638. The number of halogens is 1. The van der Waals surface area contributed by atoms with Crippen molar-refractivity contribution in [3.63, 3.8) is 0 Å². The number of rotatable bonds is 6. The van der Waals surface area contributed by atoms with Gasteiger partial charge in [-0.2, -0.15) is 0 Å². The minimum absolute atomic E-state index is 0.382. The Morgan fingerprint density at radius 3 is 2.43 bits per heavy atom. The molecule has 3 nitrogen and oxygen atoms in total. The SMILES string of the molecule is Cc1ccc(OCCOc2ccc(C=O)cc2Cl)cc1C. The van der Waals surface area contributed by atoms with Gasteiger partial charge in [-0.05, 0) is 55.3 Å². The van der Waals surface area contributed by atoms with E-state index in [4.69, 9.17) is 21.1 Å². The maximum absolute atomic E-state index is 10.6. The molecule has 0 aliphatic rings. The molecule has 0 spiro atoms. The third-order valence-corrected chi connectivity index (χ3v) is 3.48. The summed E-state index contributed by atoms with van der Waals surface area (Å²) in [6.45, 7) is 4.92. The molecule has 0 bridgehead atoms. The van der Waals surface area contributed by atoms with Gasteiger partial charge in [-0.3, -0.25) is 4.79 Å². The topological polar surface area (TPSA) is 35.5 Å². The molecule has 0 saturated carbocycles. The minimum atomic E-state index is 0.382. The maximum atomic E-state index is 10.6. The third-order valence-electron chi connectivity index (χ3n) is 3.18. The Kier molecular flexibility index (Phi) is 5.23. The predicted molar refractivity (Wildman–Crippen MR) is 83.7 cm³/mol. The van der Waals surface area contributed by atoms with Crippen molar-refractivity contribution in [1.82, 2.24) is 0 Å². The summed E-state index contributed by atoms with van der Waals surface area (Å²) in [6.07, 6.45) is 0.749. The smallest absolute Gasteiger partial charge is 0.150 e. The average molecular weight is 305 g/mol. The molecule has 0 unspecified atom stereocenters. The lowest BCUT2D eigenvalue weighted by atomic mass is 10.1. The van der Waals surface area contributed by atoms with Crippen LogP contribution in [0.2, 0.25) is 5.02 Å². The monoisotopic (exact) mass is 304 g/mol. The molecule has 0 radical (unpaired) electrons. The van der Waals surface area contributed by atoms with Crippen molar-refractivity contribution in [3.8, 4) is 11.5 Å². The number of hydrogen-bond acceptors (Lipinski definition) is 3. The van der Waals surface area contributed by atoms with Crippen molar-refractivity contribution in [2.24, 2.45) is 0 Å². The van der Waals surface area contributed by atoms with E-state index in [1.54, 1.807) is 18.2 Å². The number of hydrogen-bond donors (Lipinski definition) is 0. The minimum Gasteiger partial charge on any atom is -0.490 e. The molecule has 0 aromatic heterocycles. The third kappa shape index (κ3) is 4.23. The van der Waals surface area contributed by atoms with E-state index in [0.717, 1.165) is 12.0 Å². The molecule has 0 atom stereocenters. The van der Waals surface area contributed by atoms with Gasteiger partial charge in [0.1, 0.15) is 31.0 Å². The summed E-state index contributed by atoms with van der Waals surface area (Å²) >= 11 is 6.02. The second kappa shape index (κ2) is 7.14. The highest BCUT2D eigenvalue weighted by molar-refractivity contribution is 6.32. The standard InChI is InChI=1S/C17H17ClO3/c1-12-3-5-15(9-13(12)2)20-7-8-21-17-6-4-14(11-19)10-16(17)18/h3-6,9-11H,7-8H2,1-2H3. The molecular formula is C17H17ClO3. The Morgan fingerprint density at radius 1 is 1.00 bits per heavy atom. The molecule has 0 amide bonds. The van der Waals surface area contributed by atoms with Crippen molar-refractivity contribution in [2.45, 2.75) is 13.8 Å². The van der Waals surface area contributed by atoms with Crippen LogP contribution >= 0.6 is 11.6 Å². The van der Waals surface area contributed by atoms with Crippen LogP contribution in [0.5, 0.6) is 11.5 Å². The summed E-state index contributed by atoms with van der Waals surface area (Å²) in [5.74, 6) is 1.37. The van der Waals surface area contributed by atoms with Gasteiger partial charge < -0.3 is 9.47 Å². The Labute approximate surface area is 129 Å². The lowest BCUT2D eigenvalue weighted by Gasteiger charge is -2.10. The van der Waals surface area contributed by atoms with Gasteiger partial charge >= 0.3 is 0 Å². The first-order valence-electron chi connectivity index (χ1n) is 6.68. The molecule has 0 N–H and O–H groups in total. The first-order chi connectivity index (χ1) is 10.1. The van der Waals surface area contributed by atoms with Crippen LogP contribution in [0.4, 0.5) is 0 Å². The van der Waals surface area contributed by atoms with E-state index in [-0.39, 0.29) is 0 Å². The summed E-state index contributed by atoms with van der Waals surface area (Å²) in [4.78, 5) is 10.6. The number of aldehydes is 1. The number of carbonyl (C=O) groups is 1. The van der Waals surface area contributed by atoms with Gasteiger partial charge in [0.15, 0.2) is 0 Å². The second-order valence-electron chi connectivity index (χ2n) is 4.75. The first-order valence-corrected chi connectivity index (χ1v) is 7.05. The van der Waals surface area contributed by atoms with E-state index in [1.807, 2.05) is 25.1 Å². The molecule has 0 saturated heterocycles. The molecule has 0 aliphatic carbocycles. The van der Waals surface area contributed by atoms with E-state index >= 15 is 0 Å². The van der Waals surface area contributed by atoms with Gasteiger partial charge in [0.25, 0.3) is 0 Å². The quantitative estimate of drug-likeness (QED) is 0.592. The molecule has 2 aromatic rings. The van der Waals surface area contributed by atoms with Gasteiger partial charge in [-0.1, -0.05) is 17.7 Å². The van der Waals surface area contributed by atoms with Crippen LogP contribution in [0.3, 0.4) is 0 Å². The highest BCUT2D eigenvalue weighted by atomic mass is 35.5. The Balaban J connectivity index is 1.84. The first kappa shape index (κ1) is 15.4. The van der Waals surface area contributed by atoms with E-state index in [9.17, 15) is 4.79 Å². The zero-order valence-corrected chi connectivity index (χ0v) is 12.8. The molecule has 2 rings (SSSR count). The summed E-state index contributed by atoms with van der Waals surface area (Å²) in [5.41, 5.74) is 2.96.